The topological polar surface area (TPSA) is 1160 Å². The van der Waals surface area contributed by atoms with Gasteiger partial charge in [-0.25, -0.2) is 4.79 Å². The number of carboxylic acids is 1. The van der Waals surface area contributed by atoms with Gasteiger partial charge in [0.15, 0.2) is 71.5 Å². The maximum Gasteiger partial charge on any atom is 0.326 e. The third kappa shape index (κ3) is 61.3. The van der Waals surface area contributed by atoms with Crippen LogP contribution < -0.4 is 202 Å². The average Bonchev–Trinajstić information content (AvgIpc) is 0.850. The number of carboxylic acid groups (broad SMARTS) is 1. The van der Waals surface area contributed by atoms with E-state index >= 15 is 24.0 Å². The summed E-state index contributed by atoms with van der Waals surface area (Å²) in [4.78, 5) is 189. The third-order valence-electron chi connectivity index (χ3n) is 19.9. The quantitative estimate of drug-likeness (QED) is 0.0116. The number of thiol groups is 1. The van der Waals surface area contributed by atoms with Crippen LogP contribution in [0.4, 0.5) is 0 Å². The average molecular weight is 2000 g/mol. The lowest BCUT2D eigenvalue weighted by atomic mass is 10.0. The molecule has 12 amide bonds. The Morgan fingerprint density at radius 2 is 0.281 bits per heavy atom. The van der Waals surface area contributed by atoms with E-state index in [0.717, 1.165) is 0 Å². The van der Waals surface area contributed by atoms with E-state index in [0.29, 0.717) is 0 Å². The van der Waals surface area contributed by atoms with Crippen LogP contribution >= 0.6 is 12.6 Å². The molecule has 0 aliphatic heterocycles. The van der Waals surface area contributed by atoms with E-state index in [-0.39, 0.29) is 244 Å². The first kappa shape index (κ1) is 124. The SMILES string of the molecule is N=C(N)NCCC[C@H](NC(=O)[C@H](CCCNC(=N)N)NC(=O)[C@H](CCCNC(=N)N)NC(=O)[C@H](CCCNC(=N)N)NC(=O)[C@H](CCCNC(=N)N)NC(=O)[C@H](CCCNC(=N)N)NC(=O)[C@H](CCCNC(=N)N)NC(=O)[C@H](CCCNC(=N)N)NC(=O)[C@H](CCCNC(=N)N)NC(=O)[C@H](CCCNC(=N)N)NC(=O)[C@H](CCCNC(=N)N)NC(=O)[C@H](CCCNC(=N)N)NC(=O)[C@@H](N)CS)C(=O)O. The van der Waals surface area contributed by atoms with Gasteiger partial charge >= 0.3 is 5.97 Å². The summed E-state index contributed by atoms with van der Waals surface area (Å²) in [5.41, 5.74) is 72.5. The number of hydrogen-bond acceptors (Lipinski definition) is 27. The molecular weight excluding hydrogens is 1840 g/mol. The Morgan fingerprint density at radius 1 is 0.187 bits per heavy atom. The normalized spacial score (nSPS) is 13.5. The van der Waals surface area contributed by atoms with Crippen molar-refractivity contribution in [3.05, 3.63) is 0 Å². The van der Waals surface area contributed by atoms with Gasteiger partial charge in [-0.1, -0.05) is 0 Å². The molecule has 0 aromatic rings. The van der Waals surface area contributed by atoms with Crippen LogP contribution in [0.15, 0.2) is 0 Å². The zero-order chi connectivity index (χ0) is 105. The highest BCUT2D eigenvalue weighted by atomic mass is 32.1. The van der Waals surface area contributed by atoms with Crippen molar-refractivity contribution in [3.8, 4) is 0 Å². The number of aliphatic carboxylic acids is 1. The van der Waals surface area contributed by atoms with Gasteiger partial charge in [0.2, 0.25) is 70.9 Å². The van der Waals surface area contributed by atoms with Crippen LogP contribution in [0, 0.1) is 64.9 Å². The van der Waals surface area contributed by atoms with E-state index in [1.807, 2.05) is 0 Å². The van der Waals surface area contributed by atoms with Crippen molar-refractivity contribution >= 4 is 161 Å². The van der Waals surface area contributed by atoms with Gasteiger partial charge in [0.1, 0.15) is 72.5 Å². The second kappa shape index (κ2) is 71.2. The molecule has 0 heterocycles. The Morgan fingerprint density at radius 3 is 0.374 bits per heavy atom. The molecule has 63 N–H and O–H groups in total. The summed E-state index contributed by atoms with van der Waals surface area (Å²) in [7, 11) is 0. The molecule has 64 heteroatoms. The number of amides is 12. The van der Waals surface area contributed by atoms with Crippen molar-refractivity contribution in [2.24, 2.45) is 74.5 Å². The van der Waals surface area contributed by atoms with E-state index in [2.05, 4.69) is 140 Å². The second-order valence-corrected chi connectivity index (χ2v) is 32.0. The molecule has 0 aromatic carbocycles. The van der Waals surface area contributed by atoms with Crippen LogP contribution in [-0.4, -0.2) is 316 Å². The van der Waals surface area contributed by atoms with Gasteiger partial charge in [-0.15, -0.1) is 0 Å². The van der Waals surface area contributed by atoms with Crippen molar-refractivity contribution in [1.29, 1.82) is 64.9 Å². The standard InChI is InChI=1S/C75H151N49O14S/c76-38(37-139)51(125)113-39(13-1-25-101-64(77)78)52(126)114-40(14-2-26-102-65(79)80)53(127)115-41(15-3-27-103-66(81)82)54(128)116-42(16-4-28-104-67(83)84)55(129)117-43(17-5-29-105-68(85)86)56(130)118-44(18-6-30-106-69(87)88)57(131)119-45(19-7-31-107-70(89)90)58(132)120-46(20-8-32-108-71(91)92)59(133)121-47(21-9-33-109-72(93)94)60(134)122-48(22-10-34-110-73(95)96)61(135)123-49(23-11-35-111-74(97)98)62(136)124-50(63(137)138)24-12-36-112-75(99)100/h38-50,139H,1-37,76H2,(H,113,125)(H,114,126)(H,115,127)(H,116,128)(H,117,129)(H,118,130)(H,119,131)(H,120,132)(H,121,133)(H,122,134)(H,123,135)(H,124,136)(H,137,138)(H4,77,78,101)(H4,79,80,102)(H4,81,82,103)(H4,83,84,104)(H4,85,86,105)(H4,87,88,106)(H4,89,90,107)(H4,91,92,108)(H4,93,94,109)(H4,95,96,110)(H4,97,98,111)(H4,99,100,112)/t38-,39-,40-,41-,42-,43-,44-,45-,46-,47-,48-,49-,50-/m0/s1. The Bertz CT molecular complexity index is 3980. The lowest BCUT2D eigenvalue weighted by Gasteiger charge is -2.29. The molecule has 63 nitrogen and oxygen atoms in total. The number of nitrogens with one attached hydrogen (secondary N) is 36. The molecule has 139 heavy (non-hydrogen) atoms. The predicted molar refractivity (Wildman–Crippen MR) is 522 cm³/mol. The third-order valence-corrected chi connectivity index (χ3v) is 20.3. The molecule has 0 aliphatic rings. The Labute approximate surface area is 809 Å². The first-order valence-electron chi connectivity index (χ1n) is 44.8. The zero-order valence-electron chi connectivity index (χ0n) is 77.9. The molecule has 13 atom stereocenters. The van der Waals surface area contributed by atoms with E-state index in [1.54, 1.807) is 0 Å². The first-order chi connectivity index (χ1) is 65.6. The van der Waals surface area contributed by atoms with Crippen LogP contribution in [0.1, 0.15) is 154 Å². The minimum atomic E-state index is -1.71. The smallest absolute Gasteiger partial charge is 0.326 e. The fraction of sp³-hybridized carbons (Fsp3) is 0.667. The van der Waals surface area contributed by atoms with Gasteiger partial charge in [0.25, 0.3) is 0 Å². The molecule has 0 fully saturated rings. The fourth-order valence-corrected chi connectivity index (χ4v) is 13.1. The van der Waals surface area contributed by atoms with Crippen molar-refractivity contribution in [2.45, 2.75) is 233 Å². The van der Waals surface area contributed by atoms with Gasteiger partial charge in [-0.05, 0) is 154 Å². The van der Waals surface area contributed by atoms with E-state index in [9.17, 15) is 43.5 Å². The van der Waals surface area contributed by atoms with Crippen molar-refractivity contribution < 1.29 is 67.4 Å². The Hall–Kier alpha value is -15.3. The second-order valence-electron chi connectivity index (χ2n) is 31.7. The van der Waals surface area contributed by atoms with E-state index in [1.165, 1.54) is 0 Å². The Balaban J connectivity index is 8.44. The van der Waals surface area contributed by atoms with E-state index in [4.69, 9.17) is 139 Å². The molecule has 0 bridgehead atoms. The molecule has 0 aliphatic carbocycles. The molecule has 786 valence electrons. The zero-order valence-corrected chi connectivity index (χ0v) is 78.8. The van der Waals surface area contributed by atoms with Crippen molar-refractivity contribution in [2.75, 3.05) is 84.3 Å². The predicted octanol–water partition coefficient (Wildman–Crippen LogP) is -15.7. The summed E-state index contributed by atoms with van der Waals surface area (Å²) in [6.07, 6.45) is -3.24. The highest BCUT2D eigenvalue weighted by Crippen LogP contribution is 2.14. The first-order valence-corrected chi connectivity index (χ1v) is 45.4. The van der Waals surface area contributed by atoms with Crippen LogP contribution in [0.5, 0.6) is 0 Å². The Kier molecular flexibility index (Phi) is 63.4. The molecule has 0 saturated heterocycles. The summed E-state index contributed by atoms with van der Waals surface area (Å²) in [6.45, 7) is -0.588. The summed E-state index contributed by atoms with van der Waals surface area (Å²) >= 11 is 4.08. The molecule has 0 spiro atoms. The van der Waals surface area contributed by atoms with Crippen LogP contribution in [0.25, 0.3) is 0 Å². The molecular formula is C75H151N49O14S. The minimum Gasteiger partial charge on any atom is -0.480 e. The van der Waals surface area contributed by atoms with Crippen LogP contribution in [-0.2, 0) is 62.3 Å². The van der Waals surface area contributed by atoms with Gasteiger partial charge in [-0.2, -0.15) is 12.6 Å². The van der Waals surface area contributed by atoms with Crippen LogP contribution in [0.3, 0.4) is 0 Å². The number of guanidine groups is 12. The summed E-state index contributed by atoms with van der Waals surface area (Å²) in [5, 5.41) is 165. The summed E-state index contributed by atoms with van der Waals surface area (Å²) in [5.74, 6) is -19.3. The molecule has 0 rings (SSSR count). The largest absolute Gasteiger partial charge is 0.480 e. The number of nitrogens with two attached hydrogens (primary N) is 13. The lowest BCUT2D eigenvalue weighted by Crippen LogP contribution is -2.61. The molecule has 0 saturated carbocycles. The van der Waals surface area contributed by atoms with Gasteiger partial charge in [-0.3, -0.25) is 122 Å². The fourth-order valence-electron chi connectivity index (χ4n) is 12.9. The maximum absolute atomic E-state index is 15.2. The maximum atomic E-state index is 15.2. The minimum absolute atomic E-state index is 0.00615. The van der Waals surface area contributed by atoms with Crippen molar-refractivity contribution in [3.63, 3.8) is 0 Å². The number of carbonyl (C=O) groups is 13. The number of rotatable bonds is 74. The molecule has 0 radical (unpaired) electrons. The molecule has 0 aromatic heterocycles. The lowest BCUT2D eigenvalue weighted by molar-refractivity contribution is -0.142. The highest BCUT2D eigenvalue weighted by Gasteiger charge is 2.38. The van der Waals surface area contributed by atoms with Gasteiger partial charge in [0.05, 0.1) is 6.04 Å². The summed E-state index contributed by atoms with van der Waals surface area (Å²) in [6, 6.07) is -20.5. The monoisotopic (exact) mass is 1990 g/mol. The number of hydrogen-bond donors (Lipinski definition) is 51. The van der Waals surface area contributed by atoms with Crippen molar-refractivity contribution in [1.82, 2.24) is 128 Å². The highest BCUT2D eigenvalue weighted by molar-refractivity contribution is 7.80. The number of carbonyl (C=O) groups excluding carboxylic acids is 12. The molecule has 0 unspecified atom stereocenters. The van der Waals surface area contributed by atoms with E-state index < -0.39 is 221 Å². The van der Waals surface area contributed by atoms with Gasteiger partial charge < -0.3 is 207 Å². The van der Waals surface area contributed by atoms with Gasteiger partial charge in [0, 0.05) is 84.3 Å². The summed E-state index contributed by atoms with van der Waals surface area (Å²) < 4.78 is 0. The van der Waals surface area contributed by atoms with Crippen LogP contribution in [0.2, 0.25) is 0 Å².